The highest BCUT2D eigenvalue weighted by Gasteiger charge is 2.36. The van der Waals surface area contributed by atoms with Crippen LogP contribution in [0, 0.1) is 0 Å². The minimum absolute atomic E-state index is 0.277. The van der Waals surface area contributed by atoms with Crippen LogP contribution in [0.3, 0.4) is 0 Å². The number of halogens is 1. The number of hydrogen-bond donors (Lipinski definition) is 1. The molecule has 0 heterocycles. The van der Waals surface area contributed by atoms with Crippen molar-refractivity contribution in [3.8, 4) is 0 Å². The van der Waals surface area contributed by atoms with Crippen LogP contribution >= 0.6 is 11.6 Å². The topological polar surface area (TPSA) is 43.1 Å². The Kier molecular flexibility index (Phi) is 2.00. The minimum atomic E-state index is -0.384. The second-order valence-electron chi connectivity index (χ2n) is 3.34. The molecular formula is C10H10ClNO. The molecule has 0 bridgehead atoms. The SMILES string of the molecule is NC(=O)c1ccc(C2CC2Cl)cc1. The molecule has 1 fully saturated rings. The van der Waals surface area contributed by atoms with Gasteiger partial charge in [0, 0.05) is 16.9 Å². The fourth-order valence-electron chi connectivity index (χ4n) is 1.40. The lowest BCUT2D eigenvalue weighted by atomic mass is 10.1. The quantitative estimate of drug-likeness (QED) is 0.720. The Morgan fingerprint density at radius 1 is 1.38 bits per heavy atom. The molecule has 2 nitrogen and oxygen atoms in total. The molecule has 0 radical (unpaired) electrons. The molecule has 0 aliphatic heterocycles. The second kappa shape index (κ2) is 3.04. The van der Waals surface area contributed by atoms with Gasteiger partial charge in [-0.1, -0.05) is 12.1 Å². The molecule has 2 N–H and O–H groups in total. The van der Waals surface area contributed by atoms with Gasteiger partial charge in [0.15, 0.2) is 0 Å². The highest BCUT2D eigenvalue weighted by Crippen LogP contribution is 2.44. The van der Waals surface area contributed by atoms with E-state index >= 15 is 0 Å². The zero-order valence-electron chi connectivity index (χ0n) is 7.03. The number of hydrogen-bond acceptors (Lipinski definition) is 1. The van der Waals surface area contributed by atoms with E-state index in [2.05, 4.69) is 0 Å². The van der Waals surface area contributed by atoms with E-state index in [4.69, 9.17) is 17.3 Å². The van der Waals surface area contributed by atoms with E-state index in [0.29, 0.717) is 11.5 Å². The van der Waals surface area contributed by atoms with Crippen LogP contribution in [0.15, 0.2) is 24.3 Å². The van der Waals surface area contributed by atoms with E-state index in [9.17, 15) is 4.79 Å². The molecule has 2 unspecified atom stereocenters. The molecule has 1 amide bonds. The molecule has 1 saturated carbocycles. The van der Waals surface area contributed by atoms with E-state index in [1.54, 1.807) is 12.1 Å². The summed E-state index contributed by atoms with van der Waals surface area (Å²) in [6.07, 6.45) is 1.04. The summed E-state index contributed by atoms with van der Waals surface area (Å²) in [6.45, 7) is 0. The van der Waals surface area contributed by atoms with E-state index < -0.39 is 0 Å². The Hall–Kier alpha value is -1.02. The third kappa shape index (κ3) is 1.68. The molecule has 2 atom stereocenters. The summed E-state index contributed by atoms with van der Waals surface area (Å²) in [5.41, 5.74) is 6.87. The first-order chi connectivity index (χ1) is 6.18. The normalized spacial score (nSPS) is 25.6. The summed E-state index contributed by atoms with van der Waals surface area (Å²) in [5, 5.41) is 0.277. The van der Waals surface area contributed by atoms with Gasteiger partial charge in [-0.3, -0.25) is 4.79 Å². The number of primary amides is 1. The third-order valence-corrected chi connectivity index (χ3v) is 2.82. The van der Waals surface area contributed by atoms with Gasteiger partial charge in [-0.05, 0) is 24.1 Å². The van der Waals surface area contributed by atoms with Crippen molar-refractivity contribution in [2.45, 2.75) is 17.7 Å². The summed E-state index contributed by atoms with van der Waals surface area (Å²) in [6, 6.07) is 7.35. The van der Waals surface area contributed by atoms with Gasteiger partial charge in [0.25, 0.3) is 0 Å². The average molecular weight is 196 g/mol. The number of carbonyl (C=O) groups excluding carboxylic acids is 1. The minimum Gasteiger partial charge on any atom is -0.366 e. The molecular weight excluding hydrogens is 186 g/mol. The van der Waals surface area contributed by atoms with Gasteiger partial charge >= 0.3 is 0 Å². The predicted molar refractivity (Wildman–Crippen MR) is 52.0 cm³/mol. The van der Waals surface area contributed by atoms with Crippen molar-refractivity contribution in [1.29, 1.82) is 0 Å². The molecule has 3 heteroatoms. The van der Waals surface area contributed by atoms with Crippen molar-refractivity contribution in [3.63, 3.8) is 0 Å². The van der Waals surface area contributed by atoms with Gasteiger partial charge < -0.3 is 5.73 Å². The number of amides is 1. The highest BCUT2D eigenvalue weighted by atomic mass is 35.5. The monoisotopic (exact) mass is 195 g/mol. The van der Waals surface area contributed by atoms with Gasteiger partial charge in [0.1, 0.15) is 0 Å². The molecule has 1 aromatic rings. The molecule has 2 rings (SSSR count). The van der Waals surface area contributed by atoms with Gasteiger partial charge in [0.05, 0.1) is 0 Å². The molecule has 13 heavy (non-hydrogen) atoms. The highest BCUT2D eigenvalue weighted by molar-refractivity contribution is 6.23. The molecule has 0 spiro atoms. The Balaban J connectivity index is 2.19. The number of rotatable bonds is 2. The van der Waals surface area contributed by atoms with Crippen LogP contribution in [0.4, 0.5) is 0 Å². The molecule has 0 aromatic heterocycles. The smallest absolute Gasteiger partial charge is 0.248 e. The summed E-state index contributed by atoms with van der Waals surface area (Å²) in [4.78, 5) is 10.8. The molecule has 1 aromatic carbocycles. The van der Waals surface area contributed by atoms with Crippen LogP contribution in [0.25, 0.3) is 0 Å². The van der Waals surface area contributed by atoms with Crippen molar-refractivity contribution in [2.75, 3.05) is 0 Å². The fourth-order valence-corrected chi connectivity index (χ4v) is 1.74. The van der Waals surface area contributed by atoms with E-state index in [1.165, 1.54) is 5.56 Å². The standard InChI is InChI=1S/C10H10ClNO/c11-9-5-8(9)6-1-3-7(4-2-6)10(12)13/h1-4,8-9H,5H2,(H2,12,13). The third-order valence-electron chi connectivity index (χ3n) is 2.34. The Labute approximate surface area is 81.7 Å². The first-order valence-corrected chi connectivity index (χ1v) is 4.66. The van der Waals surface area contributed by atoms with Crippen LogP contribution in [0.5, 0.6) is 0 Å². The maximum Gasteiger partial charge on any atom is 0.248 e. The van der Waals surface area contributed by atoms with Crippen LogP contribution in [0.2, 0.25) is 0 Å². The van der Waals surface area contributed by atoms with Crippen molar-refractivity contribution in [2.24, 2.45) is 5.73 Å². The summed E-state index contributed by atoms with van der Waals surface area (Å²) < 4.78 is 0. The molecule has 1 aliphatic rings. The van der Waals surface area contributed by atoms with Crippen molar-refractivity contribution < 1.29 is 4.79 Å². The first-order valence-electron chi connectivity index (χ1n) is 4.22. The zero-order valence-corrected chi connectivity index (χ0v) is 7.79. The molecule has 68 valence electrons. The predicted octanol–water partition coefficient (Wildman–Crippen LogP) is 1.88. The van der Waals surface area contributed by atoms with Gasteiger partial charge in [-0.25, -0.2) is 0 Å². The first kappa shape index (κ1) is 8.57. The van der Waals surface area contributed by atoms with E-state index in [1.807, 2.05) is 12.1 Å². The molecule has 1 aliphatic carbocycles. The Morgan fingerprint density at radius 3 is 2.31 bits per heavy atom. The fraction of sp³-hybridized carbons (Fsp3) is 0.300. The Morgan fingerprint density at radius 2 is 1.92 bits per heavy atom. The van der Waals surface area contributed by atoms with Crippen molar-refractivity contribution in [3.05, 3.63) is 35.4 Å². The maximum atomic E-state index is 10.8. The van der Waals surface area contributed by atoms with Crippen LogP contribution in [-0.2, 0) is 0 Å². The lowest BCUT2D eigenvalue weighted by Gasteiger charge is -1.99. The van der Waals surface area contributed by atoms with Gasteiger partial charge in [-0.15, -0.1) is 11.6 Å². The summed E-state index contributed by atoms with van der Waals surface area (Å²) >= 11 is 5.90. The number of benzene rings is 1. The van der Waals surface area contributed by atoms with Crippen LogP contribution in [0.1, 0.15) is 28.3 Å². The molecule has 0 saturated heterocycles. The van der Waals surface area contributed by atoms with E-state index in [0.717, 1.165) is 6.42 Å². The Bertz CT molecular complexity index is 333. The summed E-state index contributed by atoms with van der Waals surface area (Å²) in [5.74, 6) is 0.0911. The van der Waals surface area contributed by atoms with Crippen molar-refractivity contribution in [1.82, 2.24) is 0 Å². The van der Waals surface area contributed by atoms with Crippen molar-refractivity contribution >= 4 is 17.5 Å². The maximum absolute atomic E-state index is 10.8. The number of alkyl halides is 1. The van der Waals surface area contributed by atoms with Gasteiger partial charge in [-0.2, -0.15) is 0 Å². The van der Waals surface area contributed by atoms with Gasteiger partial charge in [0.2, 0.25) is 5.91 Å². The van der Waals surface area contributed by atoms with Crippen LogP contribution in [-0.4, -0.2) is 11.3 Å². The second-order valence-corrected chi connectivity index (χ2v) is 3.91. The largest absolute Gasteiger partial charge is 0.366 e. The zero-order chi connectivity index (χ0) is 9.42. The summed E-state index contributed by atoms with van der Waals surface area (Å²) in [7, 11) is 0. The van der Waals surface area contributed by atoms with Crippen LogP contribution < -0.4 is 5.73 Å². The lowest BCUT2D eigenvalue weighted by Crippen LogP contribution is -2.10. The average Bonchev–Trinajstić information content (AvgIpc) is 2.83. The number of carbonyl (C=O) groups is 1. The van der Waals surface area contributed by atoms with E-state index in [-0.39, 0.29) is 11.3 Å². The lowest BCUT2D eigenvalue weighted by molar-refractivity contribution is 0.100. The number of nitrogens with two attached hydrogens (primary N) is 1.